The molecule has 9 heteroatoms. The Labute approximate surface area is 131 Å². The fraction of sp³-hybridized carbons (Fsp3) is 0.500. The van der Waals surface area contributed by atoms with Crippen molar-refractivity contribution in [2.75, 3.05) is 20.1 Å². The van der Waals surface area contributed by atoms with Crippen LogP contribution in [-0.2, 0) is 10.0 Å². The Bertz CT molecular complexity index is 650. The molecule has 7 nitrogen and oxygen atoms in total. The normalized spacial score (nSPS) is 20.4. The van der Waals surface area contributed by atoms with Gasteiger partial charge in [0.25, 0.3) is 5.69 Å². The molecule has 0 spiro atoms. The van der Waals surface area contributed by atoms with Crippen molar-refractivity contribution in [2.45, 2.75) is 23.8 Å². The third kappa shape index (κ3) is 3.42. The second-order valence-electron chi connectivity index (χ2n) is 4.86. The van der Waals surface area contributed by atoms with E-state index in [1.54, 1.807) is 0 Å². The van der Waals surface area contributed by atoms with E-state index in [1.165, 1.54) is 22.5 Å². The molecule has 1 unspecified atom stereocenters. The van der Waals surface area contributed by atoms with Crippen LogP contribution in [0.2, 0.25) is 0 Å². The standard InChI is InChI=1S/C12H16BrN3O4S/c1-14-9-3-2-6-15(8-9)21(19,20)12-5-4-10(16(17)18)7-11(12)13/h4-5,7,9,14H,2-3,6,8H2,1H3. The Morgan fingerprint density at radius 3 is 2.76 bits per heavy atom. The second kappa shape index (κ2) is 6.39. The van der Waals surface area contributed by atoms with Gasteiger partial charge in [0.15, 0.2) is 0 Å². The zero-order valence-electron chi connectivity index (χ0n) is 11.5. The van der Waals surface area contributed by atoms with Gasteiger partial charge in [-0.25, -0.2) is 8.42 Å². The number of nitrogens with one attached hydrogen (secondary N) is 1. The van der Waals surface area contributed by atoms with E-state index < -0.39 is 14.9 Å². The van der Waals surface area contributed by atoms with Crippen molar-refractivity contribution in [1.29, 1.82) is 0 Å². The quantitative estimate of drug-likeness (QED) is 0.636. The Balaban J connectivity index is 2.33. The number of hydrogen-bond acceptors (Lipinski definition) is 5. The van der Waals surface area contributed by atoms with E-state index in [1.807, 2.05) is 7.05 Å². The predicted molar refractivity (Wildman–Crippen MR) is 81.6 cm³/mol. The van der Waals surface area contributed by atoms with Gasteiger partial charge in [-0.1, -0.05) is 0 Å². The molecule has 0 saturated carbocycles. The third-order valence-corrected chi connectivity index (χ3v) is 6.38. The van der Waals surface area contributed by atoms with E-state index >= 15 is 0 Å². The molecular weight excluding hydrogens is 362 g/mol. The second-order valence-corrected chi connectivity index (χ2v) is 7.62. The van der Waals surface area contributed by atoms with Gasteiger partial charge in [0.05, 0.1) is 9.82 Å². The van der Waals surface area contributed by atoms with Gasteiger partial charge in [-0.2, -0.15) is 4.31 Å². The number of hydrogen-bond donors (Lipinski definition) is 1. The SMILES string of the molecule is CNC1CCCN(S(=O)(=O)c2ccc([N+](=O)[O-])cc2Br)C1. The Morgan fingerprint density at radius 1 is 1.48 bits per heavy atom. The van der Waals surface area contributed by atoms with Gasteiger partial charge in [-0.05, 0) is 41.9 Å². The molecule has 2 rings (SSSR count). The summed E-state index contributed by atoms with van der Waals surface area (Å²) in [4.78, 5) is 10.2. The molecule has 1 aromatic carbocycles. The van der Waals surface area contributed by atoms with Crippen LogP contribution in [0.25, 0.3) is 0 Å². The van der Waals surface area contributed by atoms with Crippen molar-refractivity contribution < 1.29 is 13.3 Å². The zero-order valence-corrected chi connectivity index (χ0v) is 13.9. The van der Waals surface area contributed by atoms with Gasteiger partial charge in [-0.15, -0.1) is 0 Å². The van der Waals surface area contributed by atoms with Crippen LogP contribution in [0.3, 0.4) is 0 Å². The molecule has 0 amide bonds. The molecular formula is C12H16BrN3O4S. The van der Waals surface area contributed by atoms with E-state index in [4.69, 9.17) is 0 Å². The Morgan fingerprint density at radius 2 is 2.19 bits per heavy atom. The number of sulfonamides is 1. The monoisotopic (exact) mass is 377 g/mol. The number of halogens is 1. The molecule has 1 aliphatic rings. The molecule has 1 fully saturated rings. The summed E-state index contributed by atoms with van der Waals surface area (Å²) in [5, 5.41) is 13.8. The molecule has 21 heavy (non-hydrogen) atoms. The molecule has 1 aromatic rings. The minimum atomic E-state index is -3.65. The van der Waals surface area contributed by atoms with E-state index in [2.05, 4.69) is 21.2 Å². The molecule has 1 heterocycles. The van der Waals surface area contributed by atoms with E-state index in [0.29, 0.717) is 13.1 Å². The summed E-state index contributed by atoms with van der Waals surface area (Å²) < 4.78 is 26.9. The number of benzene rings is 1. The molecule has 0 aromatic heterocycles. The van der Waals surface area contributed by atoms with Gasteiger partial charge in [0.2, 0.25) is 10.0 Å². The summed E-state index contributed by atoms with van der Waals surface area (Å²) in [6, 6.07) is 3.83. The van der Waals surface area contributed by atoms with Gasteiger partial charge in [-0.3, -0.25) is 10.1 Å². The van der Waals surface area contributed by atoms with E-state index in [-0.39, 0.29) is 21.1 Å². The fourth-order valence-electron chi connectivity index (χ4n) is 2.35. The minimum absolute atomic E-state index is 0.0600. The molecule has 1 atom stereocenters. The first-order chi connectivity index (χ1) is 9.86. The number of nitrogens with zero attached hydrogens (tertiary/aromatic N) is 2. The van der Waals surface area contributed by atoms with Gasteiger partial charge in [0, 0.05) is 35.7 Å². The zero-order chi connectivity index (χ0) is 15.6. The third-order valence-electron chi connectivity index (χ3n) is 3.54. The molecule has 0 aliphatic carbocycles. The van der Waals surface area contributed by atoms with Crippen molar-refractivity contribution in [3.63, 3.8) is 0 Å². The van der Waals surface area contributed by atoms with Gasteiger partial charge >= 0.3 is 0 Å². The number of rotatable bonds is 4. The van der Waals surface area contributed by atoms with Crippen molar-refractivity contribution in [2.24, 2.45) is 0 Å². The lowest BCUT2D eigenvalue weighted by Crippen LogP contribution is -2.46. The molecule has 0 bridgehead atoms. The van der Waals surface area contributed by atoms with Crippen LogP contribution < -0.4 is 5.32 Å². The largest absolute Gasteiger partial charge is 0.316 e. The van der Waals surface area contributed by atoms with E-state index in [0.717, 1.165) is 12.8 Å². The smallest absolute Gasteiger partial charge is 0.270 e. The average molecular weight is 378 g/mol. The van der Waals surface area contributed by atoms with Crippen LogP contribution in [0.4, 0.5) is 5.69 Å². The highest BCUT2D eigenvalue weighted by molar-refractivity contribution is 9.10. The number of nitro benzene ring substituents is 1. The summed E-state index contributed by atoms with van der Waals surface area (Å²) in [6.45, 7) is 0.867. The van der Waals surface area contributed by atoms with Crippen LogP contribution >= 0.6 is 15.9 Å². The Kier molecular flexibility index (Phi) is 4.97. The maximum atomic E-state index is 12.6. The average Bonchev–Trinajstić information content (AvgIpc) is 2.46. The minimum Gasteiger partial charge on any atom is -0.316 e. The lowest BCUT2D eigenvalue weighted by atomic mass is 10.1. The number of piperidine rings is 1. The molecule has 0 radical (unpaired) electrons. The summed E-state index contributed by atoms with van der Waals surface area (Å²) in [6.07, 6.45) is 1.72. The maximum absolute atomic E-state index is 12.6. The van der Waals surface area contributed by atoms with Crippen LogP contribution in [0.15, 0.2) is 27.6 Å². The highest BCUT2D eigenvalue weighted by atomic mass is 79.9. The van der Waals surface area contributed by atoms with E-state index in [9.17, 15) is 18.5 Å². The molecule has 1 N–H and O–H groups in total. The van der Waals surface area contributed by atoms with Gasteiger partial charge < -0.3 is 5.32 Å². The summed E-state index contributed by atoms with van der Waals surface area (Å²) >= 11 is 3.12. The number of nitro groups is 1. The van der Waals surface area contributed by atoms with Crippen molar-refractivity contribution in [1.82, 2.24) is 9.62 Å². The van der Waals surface area contributed by atoms with Crippen molar-refractivity contribution >= 4 is 31.6 Å². The first kappa shape index (κ1) is 16.3. The molecule has 1 aliphatic heterocycles. The lowest BCUT2D eigenvalue weighted by molar-refractivity contribution is -0.385. The predicted octanol–water partition coefficient (Wildman–Crippen LogP) is 1.73. The highest BCUT2D eigenvalue weighted by Crippen LogP contribution is 2.30. The maximum Gasteiger partial charge on any atom is 0.270 e. The summed E-state index contributed by atoms with van der Waals surface area (Å²) in [5.41, 5.74) is -0.146. The van der Waals surface area contributed by atoms with Gasteiger partial charge in [0.1, 0.15) is 0 Å². The summed E-state index contributed by atoms with van der Waals surface area (Å²) in [7, 11) is -1.85. The van der Waals surface area contributed by atoms with Crippen LogP contribution in [-0.4, -0.2) is 43.8 Å². The topological polar surface area (TPSA) is 92.6 Å². The van der Waals surface area contributed by atoms with Crippen LogP contribution in [0.1, 0.15) is 12.8 Å². The van der Waals surface area contributed by atoms with Crippen molar-refractivity contribution in [3.05, 3.63) is 32.8 Å². The Hall–Kier alpha value is -1.03. The number of likely N-dealkylation sites (N-methyl/N-ethyl adjacent to an activating group) is 1. The number of non-ortho nitro benzene ring substituents is 1. The first-order valence-electron chi connectivity index (χ1n) is 6.47. The van der Waals surface area contributed by atoms with Crippen molar-refractivity contribution in [3.8, 4) is 0 Å². The fourth-order valence-corrected chi connectivity index (χ4v) is 4.90. The highest BCUT2D eigenvalue weighted by Gasteiger charge is 2.31. The van der Waals surface area contributed by atoms with Crippen LogP contribution in [0, 0.1) is 10.1 Å². The first-order valence-corrected chi connectivity index (χ1v) is 8.71. The van der Waals surface area contributed by atoms with Crippen LogP contribution in [0.5, 0.6) is 0 Å². The molecule has 116 valence electrons. The summed E-state index contributed by atoms with van der Waals surface area (Å²) in [5.74, 6) is 0. The lowest BCUT2D eigenvalue weighted by Gasteiger charge is -2.31. The molecule has 1 saturated heterocycles.